The summed E-state index contributed by atoms with van der Waals surface area (Å²) < 4.78 is 103. The standard InChI is InChI=1S/C54H71NO14.C45H63NO13/c1-15-40-64-38-25-39-54(27-62-39,68-32(7)56)43-45(67-47(57)33-19-17-16-18-20-33)53(51(11,12)60)26-37(30(5)41(53)31(6)44(65-40)52(38,43)13)63-48(58)42-35(23-28(2)3)55(49(59)69-50(8,9)10)46(66-42)34-22-21-29(4)24-36(34)61-14;1-13-32-55-30-20-31-45(22-53-31,58-26(6)47)35-37(57-38(49)27-17-15-14-16-18-27)44(42(10,11)52)21-29(24(4)33(44)25(5)36(56-32)43(30,35)12)54-39(50)34(48)28(19-23(2)3)46-40(51)59-41(7,8)9/h15-22,24,28,31,35,37-40,42-46,60H,1,23,25-27H2,2-14H3;13-18,23,25,28-32,34-37,48,52H,1,19-22H2,2-12H3,(H,46,51)/t31?,35-,37-,38-,39+,40?,42+,43-,44?,45-,46?,52+,53-,54-;25-,28-,29-,30-,31+,32?,34+,35-,36-,37-,43+,44-,45-/m00/s1. The lowest BCUT2D eigenvalue weighted by Crippen LogP contribution is -2.80. The molecule has 5 saturated heterocycles. The van der Waals surface area contributed by atoms with Gasteiger partial charge in [-0.1, -0.05) is 117 Å². The number of aliphatic hydroxyl groups excluding tert-OH is 1. The van der Waals surface area contributed by atoms with Crippen molar-refractivity contribution in [3.63, 3.8) is 0 Å². The van der Waals surface area contributed by atoms with Crippen LogP contribution in [-0.2, 0) is 90.2 Å². The number of aryl methyl sites for hydroxylation is 1. The van der Waals surface area contributed by atoms with Gasteiger partial charge >= 0.3 is 48.0 Å². The number of carbonyl (C=O) groups is 8. The third-order valence-corrected chi connectivity index (χ3v) is 29.0. The summed E-state index contributed by atoms with van der Waals surface area (Å²) in [4.78, 5) is 114. The number of carbonyl (C=O) groups excluding carboxylic acids is 8. The predicted octanol–water partition coefficient (Wildman–Crippen LogP) is 13.9. The first-order valence-electron chi connectivity index (χ1n) is 45.0. The van der Waals surface area contributed by atoms with Gasteiger partial charge in [0.05, 0.1) is 102 Å². The molecule has 2 amide bonds. The number of fused-ring (bicyclic) bond motifs is 6. The van der Waals surface area contributed by atoms with Crippen LogP contribution < -0.4 is 10.1 Å². The van der Waals surface area contributed by atoms with E-state index in [1.54, 1.807) is 149 Å². The van der Waals surface area contributed by atoms with Gasteiger partial charge in [0.1, 0.15) is 53.6 Å². The average molecular weight is 1780 g/mol. The summed E-state index contributed by atoms with van der Waals surface area (Å²) in [6.45, 7) is 49.1. The summed E-state index contributed by atoms with van der Waals surface area (Å²) >= 11 is 0. The van der Waals surface area contributed by atoms with E-state index in [9.17, 15) is 48.9 Å². The number of amides is 2. The maximum Gasteiger partial charge on any atom is 0.413 e. The fraction of sp³-hybridized carbons (Fsp3) is 0.657. The second-order valence-electron chi connectivity index (χ2n) is 41.5. The van der Waals surface area contributed by atoms with Gasteiger partial charge in [0.25, 0.3) is 0 Å². The maximum absolute atomic E-state index is 15.3. The number of hydrogen-bond donors (Lipinski definition) is 4. The molecule has 0 aromatic heterocycles. The number of ether oxygens (including phenoxy) is 16. The summed E-state index contributed by atoms with van der Waals surface area (Å²) in [5.74, 6) is -6.61. The fourth-order valence-electron chi connectivity index (χ4n) is 24.1. The van der Waals surface area contributed by atoms with Gasteiger partial charge in [-0.25, -0.2) is 28.8 Å². The van der Waals surface area contributed by atoms with E-state index in [2.05, 4.69) is 18.5 Å². The van der Waals surface area contributed by atoms with Crippen molar-refractivity contribution >= 4 is 48.0 Å². The zero-order valence-electron chi connectivity index (χ0n) is 78.6. The molecule has 4 saturated carbocycles. The van der Waals surface area contributed by atoms with Gasteiger partial charge in [0.2, 0.25) is 0 Å². The Bertz CT molecular complexity index is 4790. The van der Waals surface area contributed by atoms with Gasteiger partial charge in [-0.15, -0.1) is 0 Å². The second kappa shape index (κ2) is 35.5. The minimum absolute atomic E-state index is 0.00447. The minimum atomic E-state index is -1.79. The maximum atomic E-state index is 15.3. The number of nitrogens with zero attached hydrogens (tertiary/aromatic N) is 1. The first-order chi connectivity index (χ1) is 59.7. The van der Waals surface area contributed by atoms with E-state index in [4.69, 9.17) is 75.8 Å². The Morgan fingerprint density at radius 1 is 0.594 bits per heavy atom. The lowest BCUT2D eigenvalue weighted by molar-refractivity contribution is -0.391. The van der Waals surface area contributed by atoms with Crippen molar-refractivity contribution in [1.82, 2.24) is 10.2 Å². The lowest BCUT2D eigenvalue weighted by Gasteiger charge is -2.67. The van der Waals surface area contributed by atoms with E-state index in [0.717, 1.165) is 5.56 Å². The van der Waals surface area contributed by atoms with Crippen LogP contribution in [0, 0.1) is 64.1 Å². The molecule has 29 heteroatoms. The monoisotopic (exact) mass is 1780 g/mol. The Morgan fingerprint density at radius 3 is 1.42 bits per heavy atom. The molecule has 11 aliphatic rings. The molecule has 5 aliphatic heterocycles. The van der Waals surface area contributed by atoms with Crippen LogP contribution in [0.1, 0.15) is 229 Å². The van der Waals surface area contributed by atoms with Crippen molar-refractivity contribution in [1.29, 1.82) is 0 Å². The van der Waals surface area contributed by atoms with Gasteiger partial charge in [-0.2, -0.15) is 0 Å². The molecule has 27 atom stereocenters. The summed E-state index contributed by atoms with van der Waals surface area (Å²) in [6.07, 6.45) is -11.4. The van der Waals surface area contributed by atoms with E-state index < -0.39 is 231 Å². The molecular formula is C99H134N2O27. The van der Waals surface area contributed by atoms with Crippen LogP contribution in [0.4, 0.5) is 9.59 Å². The zero-order valence-corrected chi connectivity index (χ0v) is 78.6. The number of aliphatic hydroxyl groups is 3. The highest BCUT2D eigenvalue weighted by molar-refractivity contribution is 5.90. The van der Waals surface area contributed by atoms with Crippen LogP contribution in [-0.4, -0.2) is 220 Å². The van der Waals surface area contributed by atoms with E-state index in [1.165, 1.54) is 25.9 Å². The van der Waals surface area contributed by atoms with Crippen molar-refractivity contribution in [2.45, 2.75) is 336 Å². The zero-order chi connectivity index (χ0) is 94.0. The van der Waals surface area contributed by atoms with Crippen LogP contribution in [0.25, 0.3) is 0 Å². The molecular weight excluding hydrogens is 1650 g/mol. The number of methoxy groups -OCH3 is 1. The Labute approximate surface area is 751 Å². The molecule has 3 aromatic rings. The third kappa shape index (κ3) is 16.9. The molecule has 5 heterocycles. The van der Waals surface area contributed by atoms with E-state index >= 15 is 4.79 Å². The summed E-state index contributed by atoms with van der Waals surface area (Å²) in [6, 6.07) is 20.7. The van der Waals surface area contributed by atoms with Crippen LogP contribution in [0.15, 0.2) is 126 Å². The normalized spacial score (nSPS) is 36.0. The van der Waals surface area contributed by atoms with Crippen LogP contribution in [0.2, 0.25) is 0 Å². The van der Waals surface area contributed by atoms with E-state index in [1.807, 2.05) is 87.4 Å². The van der Waals surface area contributed by atoms with Gasteiger partial charge in [0, 0.05) is 67.8 Å². The first-order valence-corrected chi connectivity index (χ1v) is 45.0. The SMILES string of the molecule is C=CC1OC2C(C)C3=C(C)[C@@H](OC(=O)[C@@H]4OC(c5ccc(C)cc5OC)N(C(=O)OC(C)(C)C)[C@H]4CC(C)C)C[C@@]3(C(C)(C)O)[C@@H](OC(=O)c3ccccc3)[C@@H]3[C@]4(OC(C)=O)CO[C@@H]4C[C@H](O1)[C@@]23C.C=CC1O[C@H]2C[C@H]3OC[C@@]3(OC(C)=O)[C@H]3[C@H](OC(=O)c4ccccc4)[C@]4(C(C)(C)O)C[C@H](OC(=O)[C@H](O)[C@H](CC(C)C)NC(=O)OC(C)(C)C)C(C)=C4[C@H](C)[C@H](O1)[C@]23C. The molecule has 9 fully saturated rings. The minimum Gasteiger partial charge on any atom is -0.496 e. The van der Waals surface area contributed by atoms with Crippen molar-refractivity contribution in [2.24, 2.45) is 57.2 Å². The number of alkyl carbamates (subject to hydrolysis) is 1. The number of rotatable bonds is 22. The highest BCUT2D eigenvalue weighted by Crippen LogP contribution is 2.74. The molecule has 128 heavy (non-hydrogen) atoms. The second-order valence-corrected chi connectivity index (χ2v) is 41.5. The third-order valence-electron chi connectivity index (χ3n) is 29.0. The summed E-state index contributed by atoms with van der Waals surface area (Å²) in [5, 5.41) is 40.1. The predicted molar refractivity (Wildman–Crippen MR) is 465 cm³/mol. The average Bonchev–Trinajstić information content (AvgIpc) is 1.36. The van der Waals surface area contributed by atoms with E-state index in [-0.39, 0.29) is 55.4 Å². The van der Waals surface area contributed by atoms with Crippen LogP contribution in [0.5, 0.6) is 5.75 Å². The number of nitrogens with one attached hydrogen (secondary N) is 1. The molecule has 0 spiro atoms. The van der Waals surface area contributed by atoms with Gasteiger partial charge in [-0.3, -0.25) is 14.5 Å². The van der Waals surface area contributed by atoms with Crippen LogP contribution in [0.3, 0.4) is 0 Å². The number of benzene rings is 3. The molecule has 4 N–H and O–H groups in total. The molecule has 6 aliphatic carbocycles. The van der Waals surface area contributed by atoms with Crippen molar-refractivity contribution < 1.29 is 129 Å². The van der Waals surface area contributed by atoms with Gasteiger partial charge < -0.3 is 96.4 Å². The molecule has 0 radical (unpaired) electrons. The van der Waals surface area contributed by atoms with Gasteiger partial charge in [-0.05, 0) is 185 Å². The smallest absolute Gasteiger partial charge is 0.413 e. The van der Waals surface area contributed by atoms with Crippen molar-refractivity contribution in [3.8, 4) is 5.75 Å². The molecule has 0 bridgehead atoms. The number of hydrogen-bond acceptors (Lipinski definition) is 27. The van der Waals surface area contributed by atoms with Gasteiger partial charge in [0.15, 0.2) is 42.2 Å². The molecule has 14 rings (SSSR count). The molecule has 29 nitrogen and oxygen atoms in total. The first kappa shape index (κ1) is 96.9. The molecule has 702 valence electrons. The van der Waals surface area contributed by atoms with E-state index in [0.29, 0.717) is 52.9 Å². The topological polar surface area (TPSA) is 360 Å². The largest absolute Gasteiger partial charge is 0.496 e. The quantitative estimate of drug-likeness (QED) is 0.0412. The number of esters is 6. The Kier molecular flexibility index (Phi) is 26.9. The van der Waals surface area contributed by atoms with Crippen molar-refractivity contribution in [2.75, 3.05) is 20.3 Å². The summed E-state index contributed by atoms with van der Waals surface area (Å²) in [5.41, 5.74) is -8.37. The molecule has 5 unspecified atom stereocenters. The highest BCUT2D eigenvalue weighted by Gasteiger charge is 2.83. The Morgan fingerprint density at radius 2 is 1.04 bits per heavy atom. The molecule has 3 aromatic carbocycles. The highest BCUT2D eigenvalue weighted by atomic mass is 16.7. The van der Waals surface area contributed by atoms with Crippen molar-refractivity contribution in [3.05, 3.63) is 149 Å². The van der Waals surface area contributed by atoms with Crippen LogP contribution >= 0.6 is 0 Å². The Balaban J connectivity index is 0.000000222. The Hall–Kier alpha value is -8.62. The lowest BCUT2D eigenvalue weighted by atomic mass is 9.49. The fourth-order valence-corrected chi connectivity index (χ4v) is 24.1. The summed E-state index contributed by atoms with van der Waals surface area (Å²) in [7, 11) is 1.54.